The van der Waals surface area contributed by atoms with Crippen molar-refractivity contribution in [1.29, 1.82) is 0 Å². The van der Waals surface area contributed by atoms with Crippen LogP contribution in [0.1, 0.15) is 17.5 Å². The van der Waals surface area contributed by atoms with Crippen LogP contribution in [0.15, 0.2) is 59.5 Å². The van der Waals surface area contributed by atoms with E-state index >= 15 is 0 Å². The molecule has 0 fully saturated rings. The predicted octanol–water partition coefficient (Wildman–Crippen LogP) is 2.82. The van der Waals surface area contributed by atoms with Crippen LogP contribution in [0.2, 0.25) is 0 Å². The molecule has 0 unspecified atom stereocenters. The van der Waals surface area contributed by atoms with E-state index in [2.05, 4.69) is 39.5 Å². The maximum Gasteiger partial charge on any atom is 0.291 e. The molecule has 31 heavy (non-hydrogen) atoms. The van der Waals surface area contributed by atoms with Gasteiger partial charge in [0, 0.05) is 29.4 Å². The molecule has 0 bridgehead atoms. The van der Waals surface area contributed by atoms with Crippen molar-refractivity contribution in [1.82, 2.24) is 25.0 Å². The third-order valence-electron chi connectivity index (χ3n) is 5.40. The summed E-state index contributed by atoms with van der Waals surface area (Å²) in [5.74, 6) is -0.216. The van der Waals surface area contributed by atoms with Crippen LogP contribution >= 0.6 is 0 Å². The van der Waals surface area contributed by atoms with Crippen LogP contribution in [0.4, 0.5) is 0 Å². The van der Waals surface area contributed by atoms with Gasteiger partial charge in [0.2, 0.25) is 5.91 Å². The molecule has 160 valence electrons. The number of rotatable bonds is 8. The van der Waals surface area contributed by atoms with Gasteiger partial charge in [0.25, 0.3) is 5.56 Å². The topological polar surface area (TPSA) is 83.0 Å². The Balaban J connectivity index is 1.32. The van der Waals surface area contributed by atoms with E-state index in [1.54, 1.807) is 6.20 Å². The molecule has 7 nitrogen and oxygen atoms in total. The number of hydrogen-bond donors (Lipinski definition) is 2. The van der Waals surface area contributed by atoms with Crippen molar-refractivity contribution in [2.75, 3.05) is 20.1 Å². The molecular formula is C24H27N5O2. The molecule has 2 N–H and O–H groups in total. The van der Waals surface area contributed by atoms with Gasteiger partial charge >= 0.3 is 0 Å². The Hall–Kier alpha value is -3.45. The van der Waals surface area contributed by atoms with Gasteiger partial charge in [-0.15, -0.1) is 0 Å². The van der Waals surface area contributed by atoms with Crippen LogP contribution < -0.4 is 10.9 Å². The van der Waals surface area contributed by atoms with E-state index in [0.29, 0.717) is 12.1 Å². The average molecular weight is 418 g/mol. The van der Waals surface area contributed by atoms with Crippen molar-refractivity contribution in [2.45, 2.75) is 26.4 Å². The lowest BCUT2D eigenvalue weighted by Gasteiger charge is -2.16. The maximum absolute atomic E-state index is 12.8. The maximum atomic E-state index is 12.8. The normalized spacial score (nSPS) is 11.5. The van der Waals surface area contributed by atoms with Gasteiger partial charge in [0.1, 0.15) is 12.1 Å². The predicted molar refractivity (Wildman–Crippen MR) is 123 cm³/mol. The number of fused-ring (bicyclic) bond motifs is 3. The highest BCUT2D eigenvalue weighted by molar-refractivity contribution is 6.06. The van der Waals surface area contributed by atoms with Gasteiger partial charge in [-0.05, 0) is 44.6 Å². The van der Waals surface area contributed by atoms with E-state index in [4.69, 9.17) is 0 Å². The number of aromatic nitrogens is 3. The molecule has 0 radical (unpaired) electrons. The molecule has 0 atom stereocenters. The second-order valence-corrected chi connectivity index (χ2v) is 8.00. The Labute approximate surface area is 180 Å². The molecule has 0 aliphatic rings. The van der Waals surface area contributed by atoms with Crippen molar-refractivity contribution in [3.8, 4) is 0 Å². The number of benzene rings is 2. The minimum Gasteiger partial charge on any atom is -0.354 e. The summed E-state index contributed by atoms with van der Waals surface area (Å²) < 4.78 is 1.21. The summed E-state index contributed by atoms with van der Waals surface area (Å²) in [5.41, 5.74) is 3.46. The molecule has 0 aliphatic carbocycles. The van der Waals surface area contributed by atoms with Crippen LogP contribution in [0.25, 0.3) is 21.8 Å². The number of carbonyl (C=O) groups excluding carboxylic acids is 1. The zero-order chi connectivity index (χ0) is 21.8. The fourth-order valence-corrected chi connectivity index (χ4v) is 3.79. The highest BCUT2D eigenvalue weighted by atomic mass is 16.2. The summed E-state index contributed by atoms with van der Waals surface area (Å²) in [6.07, 6.45) is 2.48. The second-order valence-electron chi connectivity index (χ2n) is 8.00. The smallest absolute Gasteiger partial charge is 0.291 e. The molecular weight excluding hydrogens is 390 g/mol. The number of carbonyl (C=O) groups is 1. The lowest BCUT2D eigenvalue weighted by atomic mass is 10.1. The van der Waals surface area contributed by atoms with Crippen LogP contribution in [0, 0.1) is 6.92 Å². The molecule has 0 saturated carbocycles. The van der Waals surface area contributed by atoms with Crippen LogP contribution in [-0.4, -0.2) is 45.7 Å². The van der Waals surface area contributed by atoms with E-state index in [1.807, 2.05) is 43.3 Å². The number of nitrogens with one attached hydrogen (secondary N) is 2. The van der Waals surface area contributed by atoms with Gasteiger partial charge < -0.3 is 15.2 Å². The summed E-state index contributed by atoms with van der Waals surface area (Å²) in [6.45, 7) is 4.21. The zero-order valence-electron chi connectivity index (χ0n) is 17.9. The molecule has 4 rings (SSSR count). The molecule has 4 aromatic rings. The number of aryl methyl sites for hydroxylation is 1. The summed E-state index contributed by atoms with van der Waals surface area (Å²) in [7, 11) is 2.06. The van der Waals surface area contributed by atoms with E-state index in [-0.39, 0.29) is 18.0 Å². The molecule has 7 heteroatoms. The number of nitrogens with zero attached hydrogens (tertiary/aromatic N) is 3. The summed E-state index contributed by atoms with van der Waals surface area (Å²) in [4.78, 5) is 30.5. The van der Waals surface area contributed by atoms with Crippen molar-refractivity contribution in [3.63, 3.8) is 0 Å². The first-order chi connectivity index (χ1) is 15.0. The Kier molecular flexibility index (Phi) is 6.13. The third kappa shape index (κ3) is 4.83. The number of amides is 1. The largest absolute Gasteiger partial charge is 0.354 e. The summed E-state index contributed by atoms with van der Waals surface area (Å²) in [5, 5.41) is 8.85. The first kappa shape index (κ1) is 20.8. The van der Waals surface area contributed by atoms with E-state index < -0.39 is 0 Å². The van der Waals surface area contributed by atoms with Crippen LogP contribution in [0.3, 0.4) is 0 Å². The van der Waals surface area contributed by atoms with Crippen molar-refractivity contribution in [3.05, 3.63) is 76.2 Å². The molecule has 2 aromatic carbocycles. The summed E-state index contributed by atoms with van der Waals surface area (Å²) >= 11 is 0. The molecule has 0 aliphatic heterocycles. The van der Waals surface area contributed by atoms with Crippen LogP contribution in [0.5, 0.6) is 0 Å². The van der Waals surface area contributed by atoms with E-state index in [1.165, 1.54) is 10.2 Å². The highest BCUT2D eigenvalue weighted by Gasteiger charge is 2.12. The molecule has 2 heterocycles. The lowest BCUT2D eigenvalue weighted by molar-refractivity contribution is -0.121. The SMILES string of the molecule is Cc1ccc2[nH]c3c(=O)n(CC(=O)NCCCN(C)Cc4ccccc4)ncc3c2c1. The Morgan fingerprint density at radius 2 is 1.97 bits per heavy atom. The van der Waals surface area contributed by atoms with Gasteiger partial charge in [-0.25, -0.2) is 4.68 Å². The monoisotopic (exact) mass is 417 g/mol. The standard InChI is InChI=1S/C24H27N5O2/c1-17-9-10-21-19(13-17)20-14-26-29(24(31)23(20)27-21)16-22(30)25-11-6-12-28(2)15-18-7-4-3-5-8-18/h3-5,7-10,13-14,27H,6,11-12,15-16H2,1-2H3,(H,25,30). The minimum absolute atomic E-state index is 0.0942. The van der Waals surface area contributed by atoms with Gasteiger partial charge in [0.15, 0.2) is 0 Å². The Bertz CT molecular complexity index is 1260. The van der Waals surface area contributed by atoms with Crippen LogP contribution in [-0.2, 0) is 17.9 Å². The van der Waals surface area contributed by atoms with Gasteiger partial charge in [0.05, 0.1) is 6.20 Å². The molecule has 1 amide bonds. The average Bonchev–Trinajstić information content (AvgIpc) is 3.12. The van der Waals surface area contributed by atoms with Gasteiger partial charge in [-0.2, -0.15) is 5.10 Å². The minimum atomic E-state index is -0.288. The third-order valence-corrected chi connectivity index (χ3v) is 5.40. The quantitative estimate of drug-likeness (QED) is 0.432. The van der Waals surface area contributed by atoms with Gasteiger partial charge in [-0.1, -0.05) is 42.0 Å². The van der Waals surface area contributed by atoms with Crippen molar-refractivity contribution < 1.29 is 4.79 Å². The number of H-pyrrole nitrogens is 1. The van der Waals surface area contributed by atoms with E-state index in [9.17, 15) is 9.59 Å². The van der Waals surface area contributed by atoms with Crippen molar-refractivity contribution in [2.24, 2.45) is 0 Å². The summed E-state index contributed by atoms with van der Waals surface area (Å²) in [6, 6.07) is 16.3. The van der Waals surface area contributed by atoms with Gasteiger partial charge in [-0.3, -0.25) is 9.59 Å². The fraction of sp³-hybridized carbons (Fsp3) is 0.292. The fourth-order valence-electron chi connectivity index (χ4n) is 3.79. The highest BCUT2D eigenvalue weighted by Crippen LogP contribution is 2.23. The first-order valence-corrected chi connectivity index (χ1v) is 10.5. The Morgan fingerprint density at radius 3 is 2.77 bits per heavy atom. The lowest BCUT2D eigenvalue weighted by Crippen LogP contribution is -2.35. The Morgan fingerprint density at radius 1 is 1.16 bits per heavy atom. The molecule has 0 saturated heterocycles. The second kappa shape index (κ2) is 9.14. The molecule has 2 aromatic heterocycles. The molecule has 0 spiro atoms. The van der Waals surface area contributed by atoms with Crippen molar-refractivity contribution >= 4 is 27.7 Å². The number of aromatic amines is 1. The van der Waals surface area contributed by atoms with E-state index in [0.717, 1.165) is 41.4 Å². The first-order valence-electron chi connectivity index (χ1n) is 10.5. The zero-order valence-corrected chi connectivity index (χ0v) is 17.9. The number of hydrogen-bond acceptors (Lipinski definition) is 4.